The van der Waals surface area contributed by atoms with E-state index in [0.717, 1.165) is 0 Å². The highest BCUT2D eigenvalue weighted by Gasteiger charge is 2.48. The predicted octanol–water partition coefficient (Wildman–Crippen LogP) is 10.2. The zero-order valence-corrected chi connectivity index (χ0v) is 33.2. The van der Waals surface area contributed by atoms with Crippen LogP contribution in [-0.2, 0) is 10.8 Å². The van der Waals surface area contributed by atoms with Crippen molar-refractivity contribution < 1.29 is 0 Å². The van der Waals surface area contributed by atoms with Crippen molar-refractivity contribution in [3.63, 3.8) is 0 Å². The van der Waals surface area contributed by atoms with E-state index in [1.165, 1.54) is 16.4 Å². The van der Waals surface area contributed by atoms with Crippen molar-refractivity contribution in [1.82, 2.24) is 0 Å². The molecule has 0 saturated heterocycles. The van der Waals surface area contributed by atoms with Gasteiger partial charge < -0.3 is 0 Å². The second-order valence-corrected chi connectivity index (χ2v) is 28.1. The van der Waals surface area contributed by atoms with Crippen LogP contribution in [0.1, 0.15) is 108 Å². The summed E-state index contributed by atoms with van der Waals surface area (Å²) in [7, 11) is -3.75. The number of hydrogen-bond donors (Lipinski definition) is 0. The lowest BCUT2D eigenvalue weighted by molar-refractivity contribution is 0.590. The van der Waals surface area contributed by atoms with Crippen LogP contribution in [0.3, 0.4) is 0 Å². The summed E-state index contributed by atoms with van der Waals surface area (Å²) in [6.07, 6.45) is 0. The molecule has 0 aliphatic carbocycles. The van der Waals surface area contributed by atoms with Gasteiger partial charge >= 0.3 is 0 Å². The summed E-state index contributed by atoms with van der Waals surface area (Å²) in [6, 6.07) is 26.9. The first-order chi connectivity index (χ1) is 19.7. The van der Waals surface area contributed by atoms with Gasteiger partial charge in [0, 0.05) is 25.1 Å². The molecule has 0 bridgehead atoms. The Morgan fingerprint density at radius 1 is 0.488 bits per heavy atom. The molecule has 0 heterocycles. The van der Waals surface area contributed by atoms with Gasteiger partial charge in [0.15, 0.2) is 0 Å². The first-order valence-electron chi connectivity index (χ1n) is 16.6. The van der Waals surface area contributed by atoms with Crippen molar-refractivity contribution in [2.45, 2.75) is 130 Å². The highest BCUT2D eigenvalue weighted by Crippen LogP contribution is 2.65. The van der Waals surface area contributed by atoms with E-state index >= 15 is 0 Å². The average molecular weight is 637 g/mol. The van der Waals surface area contributed by atoms with Gasteiger partial charge in [-0.05, 0) is 115 Å². The molecular weight excluding hydrogens is 573 g/mol. The van der Waals surface area contributed by atoms with Gasteiger partial charge in [-0.1, -0.05) is 84.0 Å². The lowest BCUT2D eigenvalue weighted by Crippen LogP contribution is -2.43. The van der Waals surface area contributed by atoms with Gasteiger partial charge in [0.05, 0.1) is 36.0 Å². The summed E-state index contributed by atoms with van der Waals surface area (Å²) in [5, 5.41) is 8.00. The van der Waals surface area contributed by atoms with Crippen LogP contribution < -0.4 is 26.5 Å². The highest BCUT2D eigenvalue weighted by atomic mass is 31.2. The third-order valence-corrected chi connectivity index (χ3v) is 24.8. The summed E-state index contributed by atoms with van der Waals surface area (Å²) >= 11 is 0. The molecule has 0 amide bonds. The maximum Gasteiger partial charge on any atom is 0.103 e. The summed E-state index contributed by atoms with van der Waals surface area (Å²) in [6.45, 7) is 39.4. The maximum atomic E-state index is 2.66. The Balaban J connectivity index is 2.60. The van der Waals surface area contributed by atoms with Gasteiger partial charge in [-0.15, -0.1) is 0 Å². The molecule has 0 aliphatic rings. The van der Waals surface area contributed by atoms with E-state index in [4.69, 9.17) is 0 Å². The van der Waals surface area contributed by atoms with Gasteiger partial charge in [-0.2, -0.15) is 0 Å². The van der Waals surface area contributed by atoms with Crippen LogP contribution in [0.5, 0.6) is 0 Å². The second kappa shape index (κ2) is 13.4. The lowest BCUT2D eigenvalue weighted by Gasteiger charge is -2.38. The van der Waals surface area contributed by atoms with E-state index < -0.39 is 22.4 Å². The van der Waals surface area contributed by atoms with Crippen molar-refractivity contribution >= 4 is 49.0 Å². The predicted molar refractivity (Wildman–Crippen MR) is 208 cm³/mol. The second-order valence-electron chi connectivity index (χ2n) is 16.2. The van der Waals surface area contributed by atoms with Crippen LogP contribution in [0.15, 0.2) is 66.7 Å². The SMILES string of the molecule is CC(C)[P+](C)(c1cc(C(C)(C)C)ccc1P(c1ccccc1)c1ccc(C(C)(C)C)cc1[P+](C)(C(C)C)C(C)C)C(C)C. The van der Waals surface area contributed by atoms with Crippen LogP contribution in [0.2, 0.25) is 0 Å². The normalized spacial score (nSPS) is 13.7. The Labute approximate surface area is 269 Å². The molecule has 3 rings (SSSR count). The monoisotopic (exact) mass is 636 g/mol. The fraction of sp³-hybridized carbons (Fsp3) is 0.550. The van der Waals surface area contributed by atoms with Crippen LogP contribution in [0.4, 0.5) is 0 Å². The topological polar surface area (TPSA) is 0 Å². The first-order valence-corrected chi connectivity index (χ1v) is 22.6. The van der Waals surface area contributed by atoms with Crippen LogP contribution >= 0.6 is 22.4 Å². The largest absolute Gasteiger partial charge is 0.103 e. The smallest absolute Gasteiger partial charge is 0.0622 e. The molecule has 3 heteroatoms. The molecule has 0 atom stereocenters. The van der Waals surface area contributed by atoms with Gasteiger partial charge in [0.1, 0.15) is 10.6 Å². The molecule has 0 unspecified atom stereocenters. The minimum absolute atomic E-state index is 0.112. The van der Waals surface area contributed by atoms with Crippen molar-refractivity contribution in [1.29, 1.82) is 0 Å². The Morgan fingerprint density at radius 3 is 1.09 bits per heavy atom. The molecule has 0 aliphatic heterocycles. The van der Waals surface area contributed by atoms with Crippen molar-refractivity contribution in [2.24, 2.45) is 0 Å². The number of rotatable bonds is 9. The average Bonchev–Trinajstić information content (AvgIpc) is 2.91. The molecule has 43 heavy (non-hydrogen) atoms. The Bertz CT molecular complexity index is 1260. The molecule has 0 fully saturated rings. The molecule has 0 aromatic heterocycles. The summed E-state index contributed by atoms with van der Waals surface area (Å²) in [4.78, 5) is 0. The zero-order valence-electron chi connectivity index (χ0n) is 30.5. The number of benzene rings is 3. The molecule has 0 N–H and O–H groups in total. The molecule has 3 aromatic rings. The van der Waals surface area contributed by atoms with Crippen LogP contribution in [-0.4, -0.2) is 36.0 Å². The molecular formula is C40H63P3+2. The third kappa shape index (κ3) is 7.19. The number of hydrogen-bond acceptors (Lipinski definition) is 0. The molecule has 236 valence electrons. The summed E-state index contributed by atoms with van der Waals surface area (Å²) in [5.74, 6) is 0. The Kier molecular flexibility index (Phi) is 11.3. The fourth-order valence-electron chi connectivity index (χ4n) is 6.42. The van der Waals surface area contributed by atoms with E-state index in [1.807, 2.05) is 0 Å². The Morgan fingerprint density at radius 2 is 0.814 bits per heavy atom. The van der Waals surface area contributed by atoms with Crippen LogP contribution in [0.25, 0.3) is 0 Å². The van der Waals surface area contributed by atoms with Gasteiger partial charge in [0.25, 0.3) is 0 Å². The van der Waals surface area contributed by atoms with E-state index in [2.05, 4.69) is 177 Å². The van der Waals surface area contributed by atoms with E-state index in [1.54, 1.807) is 21.2 Å². The zero-order chi connectivity index (χ0) is 32.7. The third-order valence-electron chi connectivity index (χ3n) is 10.5. The molecule has 0 saturated carbocycles. The molecule has 3 aromatic carbocycles. The van der Waals surface area contributed by atoms with E-state index in [9.17, 15) is 0 Å². The highest BCUT2D eigenvalue weighted by molar-refractivity contribution is 7.90. The van der Waals surface area contributed by atoms with Crippen molar-refractivity contribution in [3.8, 4) is 0 Å². The minimum atomic E-state index is -1.50. The van der Waals surface area contributed by atoms with Crippen molar-refractivity contribution in [3.05, 3.63) is 77.9 Å². The molecule has 0 spiro atoms. The Hall–Kier alpha value is -1.05. The summed E-state index contributed by atoms with van der Waals surface area (Å²) in [5.41, 5.74) is 5.66. The van der Waals surface area contributed by atoms with Crippen LogP contribution in [0, 0.1) is 0 Å². The lowest BCUT2D eigenvalue weighted by atomic mass is 9.87. The summed E-state index contributed by atoms with van der Waals surface area (Å²) < 4.78 is 0. The van der Waals surface area contributed by atoms with E-state index in [0.29, 0.717) is 22.6 Å². The van der Waals surface area contributed by atoms with Gasteiger partial charge in [-0.25, -0.2) is 0 Å². The molecule has 0 nitrogen and oxygen atoms in total. The van der Waals surface area contributed by atoms with Gasteiger partial charge in [0.2, 0.25) is 0 Å². The first kappa shape index (κ1) is 36.4. The quantitative estimate of drug-likeness (QED) is 0.205. The minimum Gasteiger partial charge on any atom is -0.0622 e. The fourth-order valence-corrected chi connectivity index (χ4v) is 17.2. The maximum absolute atomic E-state index is 2.66. The van der Waals surface area contributed by atoms with Crippen molar-refractivity contribution in [2.75, 3.05) is 13.3 Å². The molecule has 0 radical (unpaired) electrons. The van der Waals surface area contributed by atoms with E-state index in [-0.39, 0.29) is 10.8 Å². The van der Waals surface area contributed by atoms with Gasteiger partial charge in [-0.3, -0.25) is 0 Å². The standard InChI is InChI=1S/C40H63P3/c1-28(2)42(15,29(3)4)37-26-32(39(9,10)11)22-24-35(37)41(34-20-18-17-19-21-34)36-25-23-33(40(12,13)14)27-38(36)43(16,30(5)6)31(7)8/h17-31H,1-16H3/q+2.